The number of nitrogens with zero attached hydrogens (tertiary/aromatic N) is 1. The quantitative estimate of drug-likeness (QED) is 0.773. The lowest BCUT2D eigenvalue weighted by molar-refractivity contribution is -0.137. The molecule has 0 aliphatic rings. The Bertz CT molecular complexity index is 792. The van der Waals surface area contributed by atoms with Crippen molar-refractivity contribution in [2.24, 2.45) is 0 Å². The van der Waals surface area contributed by atoms with Crippen LogP contribution in [0.5, 0.6) is 5.88 Å². The molecule has 0 aliphatic carbocycles. The Morgan fingerprint density at radius 3 is 2.43 bits per heavy atom. The van der Waals surface area contributed by atoms with E-state index in [0.29, 0.717) is 5.56 Å². The fourth-order valence-electron chi connectivity index (χ4n) is 1.53. The fourth-order valence-corrected chi connectivity index (χ4v) is 1.98. The number of alkyl halides is 3. The molecular weight excluding hydrogens is 335 g/mol. The Balaban J connectivity index is 2.08. The third-order valence-electron chi connectivity index (χ3n) is 2.72. The van der Waals surface area contributed by atoms with Crippen LogP contribution in [0.4, 0.5) is 13.2 Å². The minimum absolute atomic E-state index is 0.0613. The zero-order valence-corrected chi connectivity index (χ0v) is 12.7. The Morgan fingerprint density at radius 2 is 1.87 bits per heavy atom. The first-order valence-electron chi connectivity index (χ1n) is 6.42. The third-order valence-corrected chi connectivity index (χ3v) is 3.85. The van der Waals surface area contributed by atoms with E-state index in [1.54, 1.807) is 0 Å². The number of hydrogen-bond donors (Lipinski definition) is 0. The lowest BCUT2D eigenvalue weighted by Gasteiger charge is -2.05. The Labute approximate surface area is 130 Å². The molecule has 2 aromatic rings. The van der Waals surface area contributed by atoms with Crippen LogP contribution >= 0.6 is 0 Å². The Morgan fingerprint density at radius 1 is 1.22 bits per heavy atom. The largest absolute Gasteiger partial charge is 0.441 e. The van der Waals surface area contributed by atoms with Crippen molar-refractivity contribution >= 4 is 22.3 Å². The van der Waals surface area contributed by atoms with Crippen molar-refractivity contribution in [1.82, 2.24) is 4.98 Å². The summed E-state index contributed by atoms with van der Waals surface area (Å²) in [5, 5.41) is 0. The molecule has 1 aromatic carbocycles. The summed E-state index contributed by atoms with van der Waals surface area (Å²) in [6.07, 6.45) is -0.500. The fraction of sp³-hybridized carbons (Fsp3) is 0.214. The van der Waals surface area contributed by atoms with Crippen molar-refractivity contribution in [3.63, 3.8) is 0 Å². The van der Waals surface area contributed by atoms with Gasteiger partial charge in [0.2, 0.25) is 5.89 Å². The summed E-state index contributed by atoms with van der Waals surface area (Å²) in [5.41, 5.74) is -0.244. The number of benzene rings is 1. The second kappa shape index (κ2) is 6.45. The van der Waals surface area contributed by atoms with E-state index in [4.69, 9.17) is 4.42 Å². The normalized spacial score (nSPS) is 12.7. The van der Waals surface area contributed by atoms with Gasteiger partial charge in [-0.15, -0.1) is 0 Å². The first kappa shape index (κ1) is 17.1. The molecule has 0 saturated carbocycles. The Hall–Kier alpha value is -2.29. The molecule has 0 saturated heterocycles. The van der Waals surface area contributed by atoms with Crippen LogP contribution in [0.2, 0.25) is 0 Å². The first-order valence-corrected chi connectivity index (χ1v) is 8.00. The summed E-state index contributed by atoms with van der Waals surface area (Å²) in [6, 6.07) is 4.50. The molecule has 124 valence electrons. The van der Waals surface area contributed by atoms with Gasteiger partial charge in [-0.25, -0.2) is 0 Å². The minimum atomic E-state index is -4.39. The van der Waals surface area contributed by atoms with Gasteiger partial charge in [0.25, 0.3) is 5.88 Å². The summed E-state index contributed by atoms with van der Waals surface area (Å²) in [6.45, 7) is 1.42. The van der Waals surface area contributed by atoms with Gasteiger partial charge in [-0.1, -0.05) is 12.1 Å². The minimum Gasteiger partial charge on any atom is -0.441 e. The molecule has 1 aromatic heterocycles. The highest BCUT2D eigenvalue weighted by Gasteiger charge is 2.29. The number of aromatic nitrogens is 1. The number of hydrogen-bond acceptors (Lipinski definition) is 5. The van der Waals surface area contributed by atoms with E-state index in [1.165, 1.54) is 31.2 Å². The topological polar surface area (TPSA) is 69.4 Å². The lowest BCUT2D eigenvalue weighted by atomic mass is 10.1. The van der Waals surface area contributed by atoms with Gasteiger partial charge >= 0.3 is 16.3 Å². The number of halogens is 3. The maximum absolute atomic E-state index is 12.4. The second-order valence-corrected chi connectivity index (χ2v) is 6.27. The van der Waals surface area contributed by atoms with Gasteiger partial charge in [0, 0.05) is 6.08 Å². The molecule has 0 aliphatic heterocycles. The van der Waals surface area contributed by atoms with E-state index in [2.05, 4.69) is 9.17 Å². The molecule has 23 heavy (non-hydrogen) atoms. The zero-order chi connectivity index (χ0) is 17.1. The molecule has 0 bridgehead atoms. The van der Waals surface area contributed by atoms with Crippen LogP contribution in [0.1, 0.15) is 23.9 Å². The summed E-state index contributed by atoms with van der Waals surface area (Å²) < 4.78 is 69.4. The molecule has 0 radical (unpaired) electrons. The molecular formula is C14H12F3NO4S. The Kier molecular flexibility index (Phi) is 4.79. The van der Waals surface area contributed by atoms with Crippen molar-refractivity contribution in [2.45, 2.75) is 13.1 Å². The van der Waals surface area contributed by atoms with Crippen molar-refractivity contribution in [3.05, 3.63) is 47.5 Å². The highest BCUT2D eigenvalue weighted by molar-refractivity contribution is 7.87. The standard InChI is InChI=1S/C14H12F3NO4S/c1-2-23(19,20)22-13-9-21-12(18-13)8-5-10-3-6-11(7-4-10)14(15,16)17/h3-9H,2H2,1H3/b8-5+. The van der Waals surface area contributed by atoms with Crippen molar-refractivity contribution in [1.29, 1.82) is 0 Å². The third kappa shape index (κ3) is 4.85. The summed E-state index contributed by atoms with van der Waals surface area (Å²) in [4.78, 5) is 3.78. The molecule has 0 N–H and O–H groups in total. The van der Waals surface area contributed by atoms with E-state index < -0.39 is 21.9 Å². The van der Waals surface area contributed by atoms with Gasteiger partial charge in [-0.2, -0.15) is 26.6 Å². The monoisotopic (exact) mass is 347 g/mol. The maximum Gasteiger partial charge on any atom is 0.416 e. The molecule has 0 unspecified atom stereocenters. The van der Waals surface area contributed by atoms with Crippen LogP contribution < -0.4 is 4.18 Å². The molecule has 0 amide bonds. The predicted molar refractivity (Wildman–Crippen MR) is 77.0 cm³/mol. The van der Waals surface area contributed by atoms with Gasteiger partial charge in [0.15, 0.2) is 6.26 Å². The van der Waals surface area contributed by atoms with Crippen LogP contribution in [0.25, 0.3) is 12.2 Å². The van der Waals surface area contributed by atoms with E-state index in [0.717, 1.165) is 18.4 Å². The van der Waals surface area contributed by atoms with Gasteiger partial charge in [0.1, 0.15) is 0 Å². The number of oxazole rings is 1. The molecule has 9 heteroatoms. The highest BCUT2D eigenvalue weighted by Crippen LogP contribution is 2.29. The van der Waals surface area contributed by atoms with Crippen LogP contribution in [-0.4, -0.2) is 19.2 Å². The molecule has 0 atom stereocenters. The summed E-state index contributed by atoms with van der Waals surface area (Å²) >= 11 is 0. The molecule has 5 nitrogen and oxygen atoms in total. The van der Waals surface area contributed by atoms with E-state index in [1.807, 2.05) is 0 Å². The zero-order valence-electron chi connectivity index (χ0n) is 11.9. The molecule has 0 fully saturated rings. The summed E-state index contributed by atoms with van der Waals surface area (Å²) in [7, 11) is -3.70. The van der Waals surface area contributed by atoms with E-state index >= 15 is 0 Å². The average molecular weight is 347 g/mol. The lowest BCUT2D eigenvalue weighted by Crippen LogP contribution is -2.11. The van der Waals surface area contributed by atoms with Crippen LogP contribution in [0.3, 0.4) is 0 Å². The first-order chi connectivity index (χ1) is 10.7. The molecule has 2 rings (SSSR count). The SMILES string of the molecule is CCS(=O)(=O)Oc1coc(/C=C/c2ccc(C(F)(F)F)cc2)n1. The van der Waals surface area contributed by atoms with Crippen LogP contribution in [0, 0.1) is 0 Å². The maximum atomic E-state index is 12.4. The predicted octanol–water partition coefficient (Wildman–Crippen LogP) is 3.59. The number of rotatable bonds is 5. The van der Waals surface area contributed by atoms with Gasteiger partial charge in [0.05, 0.1) is 11.3 Å². The van der Waals surface area contributed by atoms with Crippen LogP contribution in [-0.2, 0) is 16.3 Å². The molecule has 0 spiro atoms. The van der Waals surface area contributed by atoms with Crippen molar-refractivity contribution in [2.75, 3.05) is 5.75 Å². The van der Waals surface area contributed by atoms with E-state index in [-0.39, 0.29) is 17.5 Å². The van der Waals surface area contributed by atoms with Crippen molar-refractivity contribution < 1.29 is 30.2 Å². The van der Waals surface area contributed by atoms with Gasteiger partial charge in [-0.05, 0) is 30.7 Å². The average Bonchev–Trinajstić information content (AvgIpc) is 2.91. The van der Waals surface area contributed by atoms with Gasteiger partial charge < -0.3 is 8.60 Å². The van der Waals surface area contributed by atoms with Crippen molar-refractivity contribution in [3.8, 4) is 5.88 Å². The second-order valence-electron chi connectivity index (χ2n) is 4.41. The highest BCUT2D eigenvalue weighted by atomic mass is 32.2. The molecule has 1 heterocycles. The summed E-state index contributed by atoms with van der Waals surface area (Å²) in [5.74, 6) is -0.360. The van der Waals surface area contributed by atoms with Gasteiger partial charge in [-0.3, -0.25) is 0 Å². The van der Waals surface area contributed by atoms with E-state index in [9.17, 15) is 21.6 Å². The smallest absolute Gasteiger partial charge is 0.416 e. The van der Waals surface area contributed by atoms with Crippen LogP contribution in [0.15, 0.2) is 34.9 Å².